The molecule has 0 atom stereocenters. The van der Waals surface area contributed by atoms with Gasteiger partial charge >= 0.3 is 0 Å². The van der Waals surface area contributed by atoms with Crippen molar-refractivity contribution >= 4 is 32.4 Å². The number of rotatable bonds is 7. The first kappa shape index (κ1) is 21.0. The molecule has 0 bridgehead atoms. The molecule has 0 aromatic heterocycles. The van der Waals surface area contributed by atoms with Crippen molar-refractivity contribution in [3.05, 3.63) is 102 Å². The van der Waals surface area contributed by atoms with Crippen LogP contribution in [0.25, 0.3) is 10.8 Å². The van der Waals surface area contributed by atoms with Crippen molar-refractivity contribution in [2.75, 3.05) is 10.8 Å². The van der Waals surface area contributed by atoms with E-state index in [-0.39, 0.29) is 23.9 Å². The Labute approximate surface area is 192 Å². The van der Waals surface area contributed by atoms with Crippen LogP contribution in [-0.4, -0.2) is 20.9 Å². The molecule has 0 saturated heterocycles. The summed E-state index contributed by atoms with van der Waals surface area (Å²) >= 11 is 0. The van der Waals surface area contributed by atoms with Gasteiger partial charge in [0, 0.05) is 11.9 Å². The number of nitrogens with one attached hydrogen (secondary N) is 1. The molecule has 0 unspecified atom stereocenters. The van der Waals surface area contributed by atoms with Crippen molar-refractivity contribution < 1.29 is 17.9 Å². The molecule has 7 heteroatoms. The highest BCUT2D eigenvalue weighted by Crippen LogP contribution is 2.41. The average Bonchev–Trinajstić information content (AvgIpc) is 3.06. The highest BCUT2D eigenvalue weighted by molar-refractivity contribution is 7.93. The summed E-state index contributed by atoms with van der Waals surface area (Å²) in [7, 11) is -3.77. The average molecular weight is 459 g/mol. The lowest BCUT2D eigenvalue weighted by atomic mass is 10.1. The van der Waals surface area contributed by atoms with Gasteiger partial charge in [0.1, 0.15) is 18.9 Å². The van der Waals surface area contributed by atoms with Crippen molar-refractivity contribution in [2.24, 2.45) is 0 Å². The third kappa shape index (κ3) is 4.03. The number of hydrogen-bond acceptors (Lipinski definition) is 4. The zero-order valence-electron chi connectivity index (χ0n) is 17.8. The predicted octanol–water partition coefficient (Wildman–Crippen LogP) is 4.24. The summed E-state index contributed by atoms with van der Waals surface area (Å²) in [6.07, 6.45) is 0. The Kier molecular flexibility index (Phi) is 5.48. The summed E-state index contributed by atoms with van der Waals surface area (Å²) in [4.78, 5) is 13.0. The molecule has 0 radical (unpaired) electrons. The number of benzene rings is 4. The van der Waals surface area contributed by atoms with E-state index >= 15 is 0 Å². The third-order valence-electron chi connectivity index (χ3n) is 5.70. The molecular formula is C26H22N2O4S. The van der Waals surface area contributed by atoms with Gasteiger partial charge in [-0.25, -0.2) is 8.42 Å². The fourth-order valence-electron chi connectivity index (χ4n) is 4.06. The Morgan fingerprint density at radius 2 is 1.52 bits per heavy atom. The lowest BCUT2D eigenvalue weighted by molar-refractivity contribution is -0.119. The summed E-state index contributed by atoms with van der Waals surface area (Å²) in [5.74, 6) is 0.395. The number of anilines is 1. The van der Waals surface area contributed by atoms with E-state index in [2.05, 4.69) is 5.32 Å². The van der Waals surface area contributed by atoms with Crippen molar-refractivity contribution in [2.45, 2.75) is 18.0 Å². The number of sulfonamides is 1. The van der Waals surface area contributed by atoms with Gasteiger partial charge in [0.25, 0.3) is 10.0 Å². The SMILES string of the molecule is O=C(CN1c2cccc3cccc(c23)S1(=O)=O)NCc1ccccc1COc1ccccc1. The topological polar surface area (TPSA) is 75.7 Å². The van der Waals surface area contributed by atoms with Crippen molar-refractivity contribution in [1.29, 1.82) is 0 Å². The van der Waals surface area contributed by atoms with Crippen molar-refractivity contribution in [1.82, 2.24) is 5.32 Å². The summed E-state index contributed by atoms with van der Waals surface area (Å²) in [6, 6.07) is 27.8. The van der Waals surface area contributed by atoms with Gasteiger partial charge in [-0.15, -0.1) is 0 Å². The number of carbonyl (C=O) groups excluding carboxylic acids is 1. The van der Waals surface area contributed by atoms with E-state index in [0.717, 1.165) is 22.3 Å². The van der Waals surface area contributed by atoms with Crippen LogP contribution in [0.5, 0.6) is 5.75 Å². The fraction of sp³-hybridized carbons (Fsp3) is 0.115. The minimum atomic E-state index is -3.77. The van der Waals surface area contributed by atoms with E-state index in [1.54, 1.807) is 24.3 Å². The monoisotopic (exact) mass is 458 g/mol. The summed E-state index contributed by atoms with van der Waals surface area (Å²) < 4.78 is 33.2. The lowest BCUT2D eigenvalue weighted by Crippen LogP contribution is -2.38. The first-order chi connectivity index (χ1) is 16.0. The molecule has 1 aliphatic heterocycles. The second kappa shape index (κ2) is 8.60. The van der Waals surface area contributed by atoms with Gasteiger partial charge in [0.15, 0.2) is 0 Å². The van der Waals surface area contributed by atoms with E-state index < -0.39 is 10.0 Å². The van der Waals surface area contributed by atoms with Crippen LogP contribution < -0.4 is 14.4 Å². The second-order valence-corrected chi connectivity index (χ2v) is 9.62. The number of hydrogen-bond donors (Lipinski definition) is 1. The van der Waals surface area contributed by atoms with Gasteiger partial charge in [-0.2, -0.15) is 0 Å². The Morgan fingerprint density at radius 1 is 0.818 bits per heavy atom. The Hall–Kier alpha value is -3.84. The molecule has 5 rings (SSSR count). The second-order valence-electron chi connectivity index (χ2n) is 7.79. The first-order valence-corrected chi connectivity index (χ1v) is 12.0. The quantitative estimate of drug-likeness (QED) is 0.449. The van der Waals surface area contributed by atoms with Crippen molar-refractivity contribution in [3.8, 4) is 5.75 Å². The molecule has 1 amide bonds. The minimum absolute atomic E-state index is 0.242. The van der Waals surface area contributed by atoms with Gasteiger partial charge < -0.3 is 10.1 Å². The number of para-hydroxylation sites is 1. The zero-order chi connectivity index (χ0) is 22.8. The van der Waals surface area contributed by atoms with Crippen LogP contribution in [0, 0.1) is 0 Å². The molecule has 0 aliphatic carbocycles. The van der Waals surface area contributed by atoms with Gasteiger partial charge in [-0.1, -0.05) is 66.7 Å². The number of carbonyl (C=O) groups is 1. The molecule has 33 heavy (non-hydrogen) atoms. The Morgan fingerprint density at radius 3 is 2.30 bits per heavy atom. The van der Waals surface area contributed by atoms with E-state index in [1.165, 1.54) is 4.31 Å². The maximum atomic E-state index is 13.1. The van der Waals surface area contributed by atoms with Crippen LogP contribution >= 0.6 is 0 Å². The molecule has 1 heterocycles. The van der Waals surface area contributed by atoms with Gasteiger partial charge in [0.05, 0.1) is 10.6 Å². The molecule has 4 aromatic rings. The molecule has 0 spiro atoms. The van der Waals surface area contributed by atoms with Gasteiger partial charge in [-0.05, 0) is 40.8 Å². The summed E-state index contributed by atoms with van der Waals surface area (Å²) in [5, 5.41) is 4.36. The normalized spacial score (nSPS) is 13.8. The molecule has 166 valence electrons. The summed E-state index contributed by atoms with van der Waals surface area (Å²) in [6.45, 7) is 0.366. The molecule has 1 N–H and O–H groups in total. The van der Waals surface area contributed by atoms with Crippen LogP contribution in [0.2, 0.25) is 0 Å². The smallest absolute Gasteiger partial charge is 0.265 e. The molecule has 0 saturated carbocycles. The highest BCUT2D eigenvalue weighted by atomic mass is 32.2. The summed E-state index contributed by atoms with van der Waals surface area (Å²) in [5.41, 5.74) is 2.40. The fourth-order valence-corrected chi connectivity index (χ4v) is 5.72. The van der Waals surface area contributed by atoms with Crippen LogP contribution in [-0.2, 0) is 28.0 Å². The van der Waals surface area contributed by atoms with E-state index in [4.69, 9.17) is 4.74 Å². The third-order valence-corrected chi connectivity index (χ3v) is 7.50. The van der Waals surface area contributed by atoms with Crippen LogP contribution in [0.3, 0.4) is 0 Å². The number of amides is 1. The van der Waals surface area contributed by atoms with Gasteiger partial charge in [0.2, 0.25) is 5.91 Å². The van der Waals surface area contributed by atoms with Crippen LogP contribution in [0.4, 0.5) is 5.69 Å². The molecule has 6 nitrogen and oxygen atoms in total. The predicted molar refractivity (Wildman–Crippen MR) is 128 cm³/mol. The molecule has 0 fully saturated rings. The minimum Gasteiger partial charge on any atom is -0.489 e. The lowest BCUT2D eigenvalue weighted by Gasteiger charge is -2.19. The Bertz CT molecular complexity index is 1430. The molecule has 1 aliphatic rings. The highest BCUT2D eigenvalue weighted by Gasteiger charge is 2.36. The van der Waals surface area contributed by atoms with Crippen molar-refractivity contribution in [3.63, 3.8) is 0 Å². The van der Waals surface area contributed by atoms with Crippen LogP contribution in [0.1, 0.15) is 11.1 Å². The number of nitrogens with zero attached hydrogens (tertiary/aromatic N) is 1. The number of ether oxygens (including phenoxy) is 1. The molecule has 4 aromatic carbocycles. The molecular weight excluding hydrogens is 436 g/mol. The standard InChI is InChI=1S/C26H22N2O4S/c29-25(17-28-23-14-6-10-19-11-7-15-24(26(19)23)33(28,30)31)27-16-20-8-4-5-9-21(20)18-32-22-12-2-1-3-13-22/h1-15H,16-18H2,(H,27,29). The maximum absolute atomic E-state index is 13.1. The zero-order valence-corrected chi connectivity index (χ0v) is 18.6. The first-order valence-electron chi connectivity index (χ1n) is 10.6. The largest absolute Gasteiger partial charge is 0.489 e. The van der Waals surface area contributed by atoms with E-state index in [9.17, 15) is 13.2 Å². The van der Waals surface area contributed by atoms with E-state index in [1.807, 2.05) is 66.7 Å². The van der Waals surface area contributed by atoms with Gasteiger partial charge in [-0.3, -0.25) is 9.10 Å². The van der Waals surface area contributed by atoms with E-state index in [0.29, 0.717) is 17.7 Å². The Balaban J connectivity index is 1.28. The van der Waals surface area contributed by atoms with Crippen LogP contribution in [0.15, 0.2) is 95.9 Å². The maximum Gasteiger partial charge on any atom is 0.265 e.